The van der Waals surface area contributed by atoms with Crippen LogP contribution in [0.1, 0.15) is 25.0 Å². The second-order valence-electron chi connectivity index (χ2n) is 12.3. The first kappa shape index (κ1) is 27.0. The molecule has 2 heteroatoms. The molecule has 0 aliphatic heterocycles. The topological polar surface area (TPSA) is 25.8 Å². The summed E-state index contributed by atoms with van der Waals surface area (Å²) >= 11 is 0. The van der Waals surface area contributed by atoms with Crippen LogP contribution in [0.4, 0.5) is 0 Å². The van der Waals surface area contributed by atoms with Gasteiger partial charge in [0.05, 0.1) is 11.4 Å². The molecule has 0 saturated heterocycles. The SMILES string of the molecule is CC1(C)c2ccccc2-c2ccc(-c3ccccc3-c3cc(-c4cccc(-c5ccccc5)c4)nc(-c4ccccc4)n3)cc21. The van der Waals surface area contributed by atoms with Crippen LogP contribution in [-0.4, -0.2) is 9.97 Å². The second kappa shape index (κ2) is 10.8. The third-order valence-electron chi connectivity index (χ3n) is 9.12. The lowest BCUT2D eigenvalue weighted by molar-refractivity contribution is 0.660. The molecule has 0 bridgehead atoms. The Balaban J connectivity index is 1.29. The summed E-state index contributed by atoms with van der Waals surface area (Å²) in [5, 5.41) is 0. The molecular formula is C43H32N2. The molecule has 1 aliphatic carbocycles. The van der Waals surface area contributed by atoms with Gasteiger partial charge in [0.15, 0.2) is 5.82 Å². The van der Waals surface area contributed by atoms with Gasteiger partial charge in [-0.1, -0.05) is 153 Å². The van der Waals surface area contributed by atoms with Gasteiger partial charge in [0.1, 0.15) is 0 Å². The minimum atomic E-state index is -0.0663. The summed E-state index contributed by atoms with van der Waals surface area (Å²) in [7, 11) is 0. The van der Waals surface area contributed by atoms with E-state index in [4.69, 9.17) is 9.97 Å². The zero-order valence-corrected chi connectivity index (χ0v) is 25.4. The highest BCUT2D eigenvalue weighted by atomic mass is 14.9. The van der Waals surface area contributed by atoms with Crippen molar-refractivity contribution < 1.29 is 0 Å². The molecule has 6 aromatic carbocycles. The predicted octanol–water partition coefficient (Wildman–Crippen LogP) is 11.1. The zero-order valence-electron chi connectivity index (χ0n) is 25.4. The fourth-order valence-electron chi connectivity index (χ4n) is 6.77. The standard InChI is InChI=1S/C43H32N2/c1-43(2)38-23-12-11-21-35(38)36-25-24-32(27-39(36)43)34-20-9-10-22-37(34)41-28-40(44-42(45-41)30-16-7-4-8-17-30)33-19-13-18-31(26-33)29-14-5-3-6-15-29/h3-28H,1-2H3. The number of aromatic nitrogens is 2. The van der Waals surface area contributed by atoms with E-state index >= 15 is 0 Å². The Labute approximate surface area is 264 Å². The molecule has 0 N–H and O–H groups in total. The molecule has 0 fully saturated rings. The maximum absolute atomic E-state index is 5.19. The van der Waals surface area contributed by atoms with Gasteiger partial charge in [0.2, 0.25) is 0 Å². The van der Waals surface area contributed by atoms with Gasteiger partial charge in [-0.05, 0) is 62.7 Å². The van der Waals surface area contributed by atoms with E-state index in [9.17, 15) is 0 Å². The van der Waals surface area contributed by atoms with Gasteiger partial charge in [-0.2, -0.15) is 0 Å². The summed E-state index contributed by atoms with van der Waals surface area (Å²) in [6.45, 7) is 4.67. The van der Waals surface area contributed by atoms with Crippen LogP contribution < -0.4 is 0 Å². The predicted molar refractivity (Wildman–Crippen MR) is 187 cm³/mol. The summed E-state index contributed by atoms with van der Waals surface area (Å²) in [5.74, 6) is 0.716. The van der Waals surface area contributed by atoms with E-state index in [1.54, 1.807) is 0 Å². The van der Waals surface area contributed by atoms with Gasteiger partial charge >= 0.3 is 0 Å². The normalized spacial score (nSPS) is 12.8. The summed E-state index contributed by atoms with van der Waals surface area (Å²) in [6.07, 6.45) is 0. The molecule has 0 unspecified atom stereocenters. The first-order valence-corrected chi connectivity index (χ1v) is 15.5. The highest BCUT2D eigenvalue weighted by Crippen LogP contribution is 2.50. The largest absolute Gasteiger partial charge is 0.228 e. The quantitative estimate of drug-likeness (QED) is 0.204. The van der Waals surface area contributed by atoms with Crippen LogP contribution in [0.2, 0.25) is 0 Å². The molecule has 0 spiro atoms. The van der Waals surface area contributed by atoms with Crippen LogP contribution in [-0.2, 0) is 5.41 Å². The van der Waals surface area contributed by atoms with Crippen molar-refractivity contribution in [3.05, 3.63) is 169 Å². The fraction of sp³-hybridized carbons (Fsp3) is 0.0698. The Hall–Kier alpha value is -5.60. The number of fused-ring (bicyclic) bond motifs is 3. The summed E-state index contributed by atoms with van der Waals surface area (Å²) in [4.78, 5) is 10.3. The van der Waals surface area contributed by atoms with Gasteiger partial charge < -0.3 is 0 Å². The molecule has 1 heterocycles. The Morgan fingerprint density at radius 3 is 1.71 bits per heavy atom. The van der Waals surface area contributed by atoms with E-state index in [1.807, 2.05) is 18.2 Å². The van der Waals surface area contributed by atoms with Crippen LogP contribution in [0.15, 0.2) is 158 Å². The van der Waals surface area contributed by atoms with Crippen molar-refractivity contribution in [2.75, 3.05) is 0 Å². The van der Waals surface area contributed by atoms with Crippen molar-refractivity contribution in [2.24, 2.45) is 0 Å². The molecule has 0 atom stereocenters. The van der Waals surface area contributed by atoms with Gasteiger partial charge in [-0.3, -0.25) is 0 Å². The minimum Gasteiger partial charge on any atom is -0.228 e. The molecule has 1 aromatic heterocycles. The Bertz CT molecular complexity index is 2180. The van der Waals surface area contributed by atoms with Crippen molar-refractivity contribution in [1.82, 2.24) is 9.97 Å². The molecule has 2 nitrogen and oxygen atoms in total. The number of hydrogen-bond donors (Lipinski definition) is 0. The molecular weight excluding hydrogens is 544 g/mol. The third-order valence-corrected chi connectivity index (χ3v) is 9.12. The first-order valence-electron chi connectivity index (χ1n) is 15.5. The van der Waals surface area contributed by atoms with Crippen molar-refractivity contribution in [3.8, 4) is 67.3 Å². The van der Waals surface area contributed by atoms with Gasteiger partial charge in [-0.25, -0.2) is 9.97 Å². The van der Waals surface area contributed by atoms with Crippen LogP contribution in [0.5, 0.6) is 0 Å². The maximum atomic E-state index is 5.19. The van der Waals surface area contributed by atoms with E-state index in [2.05, 4.69) is 153 Å². The zero-order chi connectivity index (χ0) is 30.4. The number of hydrogen-bond acceptors (Lipinski definition) is 2. The van der Waals surface area contributed by atoms with E-state index in [0.717, 1.165) is 39.2 Å². The third kappa shape index (κ3) is 4.76. The smallest absolute Gasteiger partial charge is 0.160 e. The molecule has 0 saturated carbocycles. The monoisotopic (exact) mass is 576 g/mol. The molecule has 0 radical (unpaired) electrons. The lowest BCUT2D eigenvalue weighted by Crippen LogP contribution is -2.14. The Morgan fingerprint density at radius 2 is 0.933 bits per heavy atom. The van der Waals surface area contributed by atoms with E-state index in [0.29, 0.717) is 5.82 Å². The van der Waals surface area contributed by atoms with Crippen LogP contribution in [0.25, 0.3) is 67.3 Å². The van der Waals surface area contributed by atoms with Gasteiger partial charge in [0, 0.05) is 22.1 Å². The second-order valence-corrected chi connectivity index (χ2v) is 12.3. The molecule has 214 valence electrons. The minimum absolute atomic E-state index is 0.0663. The highest BCUT2D eigenvalue weighted by molar-refractivity contribution is 5.88. The maximum Gasteiger partial charge on any atom is 0.160 e. The summed E-state index contributed by atoms with van der Waals surface area (Å²) in [5.41, 5.74) is 15.0. The number of rotatable bonds is 5. The van der Waals surface area contributed by atoms with Crippen molar-refractivity contribution in [2.45, 2.75) is 19.3 Å². The highest BCUT2D eigenvalue weighted by Gasteiger charge is 2.35. The Kier molecular flexibility index (Phi) is 6.50. The van der Waals surface area contributed by atoms with Crippen LogP contribution >= 0.6 is 0 Å². The molecule has 8 rings (SSSR count). The number of nitrogens with zero attached hydrogens (tertiary/aromatic N) is 2. The van der Waals surface area contributed by atoms with Gasteiger partial charge in [-0.15, -0.1) is 0 Å². The van der Waals surface area contributed by atoms with Crippen molar-refractivity contribution in [3.63, 3.8) is 0 Å². The van der Waals surface area contributed by atoms with E-state index in [-0.39, 0.29) is 5.41 Å². The van der Waals surface area contributed by atoms with Crippen LogP contribution in [0.3, 0.4) is 0 Å². The van der Waals surface area contributed by atoms with Gasteiger partial charge in [0.25, 0.3) is 0 Å². The lowest BCUT2D eigenvalue weighted by atomic mass is 9.81. The van der Waals surface area contributed by atoms with E-state index < -0.39 is 0 Å². The van der Waals surface area contributed by atoms with Crippen molar-refractivity contribution in [1.29, 1.82) is 0 Å². The van der Waals surface area contributed by atoms with Crippen LogP contribution in [0, 0.1) is 0 Å². The summed E-state index contributed by atoms with van der Waals surface area (Å²) in [6, 6.07) is 55.9. The molecule has 7 aromatic rings. The average Bonchev–Trinajstić information content (AvgIpc) is 3.34. The fourth-order valence-corrected chi connectivity index (χ4v) is 6.77. The van der Waals surface area contributed by atoms with E-state index in [1.165, 1.54) is 33.4 Å². The van der Waals surface area contributed by atoms with Crippen molar-refractivity contribution >= 4 is 0 Å². The Morgan fingerprint density at radius 1 is 0.356 bits per heavy atom. The first-order chi connectivity index (χ1) is 22.1. The lowest BCUT2D eigenvalue weighted by Gasteiger charge is -2.22. The molecule has 1 aliphatic rings. The average molecular weight is 577 g/mol. The summed E-state index contributed by atoms with van der Waals surface area (Å²) < 4.78 is 0. The molecule has 45 heavy (non-hydrogen) atoms. The number of benzene rings is 6. The molecule has 0 amide bonds.